The molecule has 1 aromatic rings. The van der Waals surface area contributed by atoms with Crippen LogP contribution in [0.4, 0.5) is 11.4 Å². The summed E-state index contributed by atoms with van der Waals surface area (Å²) in [6, 6.07) is 5.50. The maximum Gasteiger partial charge on any atom is 0.171 e. The van der Waals surface area contributed by atoms with Crippen LogP contribution in [0.15, 0.2) is 22.7 Å². The van der Waals surface area contributed by atoms with E-state index in [9.17, 15) is 8.42 Å². The molecule has 0 saturated carbocycles. The standard InChI is InChI=1S/C12H17BrN2O2S2/c1-2-19(16,17)12-8-18-6-5-15(12)11-4-3-9(14)7-10(11)13/h3-4,7,12H,2,5-6,8,14H2,1H3. The number of thioether (sulfide) groups is 1. The average Bonchev–Trinajstić information content (AvgIpc) is 2.39. The predicted molar refractivity (Wildman–Crippen MR) is 86.5 cm³/mol. The summed E-state index contributed by atoms with van der Waals surface area (Å²) in [5.74, 6) is 1.72. The van der Waals surface area contributed by atoms with E-state index >= 15 is 0 Å². The minimum absolute atomic E-state index is 0.168. The van der Waals surface area contributed by atoms with E-state index in [-0.39, 0.29) is 5.75 Å². The Kier molecular flexibility index (Phi) is 4.68. The van der Waals surface area contributed by atoms with Gasteiger partial charge in [0.1, 0.15) is 5.37 Å². The number of benzene rings is 1. The molecule has 106 valence electrons. The second kappa shape index (κ2) is 5.93. The second-order valence-electron chi connectivity index (χ2n) is 4.39. The molecule has 1 aliphatic heterocycles. The van der Waals surface area contributed by atoms with Gasteiger partial charge in [-0.25, -0.2) is 8.42 Å². The van der Waals surface area contributed by atoms with Crippen LogP contribution in [0.25, 0.3) is 0 Å². The molecule has 0 amide bonds. The third-order valence-corrected chi connectivity index (χ3v) is 7.11. The van der Waals surface area contributed by atoms with Crippen molar-refractivity contribution >= 4 is 48.9 Å². The number of nitrogens with two attached hydrogens (primary N) is 1. The quantitative estimate of drug-likeness (QED) is 0.833. The number of nitrogen functional groups attached to an aromatic ring is 1. The molecule has 1 unspecified atom stereocenters. The monoisotopic (exact) mass is 364 g/mol. The highest BCUT2D eigenvalue weighted by atomic mass is 79.9. The molecule has 1 heterocycles. The van der Waals surface area contributed by atoms with Crippen molar-refractivity contribution < 1.29 is 8.42 Å². The topological polar surface area (TPSA) is 63.4 Å². The number of anilines is 2. The van der Waals surface area contributed by atoms with Crippen LogP contribution in [0.5, 0.6) is 0 Å². The molecule has 1 fully saturated rings. The maximum absolute atomic E-state index is 12.2. The van der Waals surface area contributed by atoms with Gasteiger partial charge in [0.2, 0.25) is 0 Å². The molecule has 19 heavy (non-hydrogen) atoms. The Morgan fingerprint density at radius 2 is 2.26 bits per heavy atom. The molecule has 2 N–H and O–H groups in total. The number of hydrogen-bond acceptors (Lipinski definition) is 5. The molecular weight excluding hydrogens is 348 g/mol. The van der Waals surface area contributed by atoms with Gasteiger partial charge < -0.3 is 10.6 Å². The molecule has 7 heteroatoms. The van der Waals surface area contributed by atoms with E-state index < -0.39 is 15.2 Å². The summed E-state index contributed by atoms with van der Waals surface area (Å²) in [6.07, 6.45) is 0. The fraction of sp³-hybridized carbons (Fsp3) is 0.500. The van der Waals surface area contributed by atoms with Gasteiger partial charge in [0.05, 0.1) is 5.69 Å². The fourth-order valence-electron chi connectivity index (χ4n) is 2.10. The lowest BCUT2D eigenvalue weighted by molar-refractivity contribution is 0.579. The zero-order valence-corrected chi connectivity index (χ0v) is 13.9. The third kappa shape index (κ3) is 3.20. The molecule has 1 aromatic carbocycles. The highest BCUT2D eigenvalue weighted by molar-refractivity contribution is 9.10. The zero-order valence-electron chi connectivity index (χ0n) is 10.7. The number of nitrogens with zero attached hydrogens (tertiary/aromatic N) is 1. The van der Waals surface area contributed by atoms with Crippen LogP contribution in [-0.2, 0) is 9.84 Å². The normalized spacial score (nSPS) is 20.5. The van der Waals surface area contributed by atoms with Gasteiger partial charge in [-0.05, 0) is 34.1 Å². The van der Waals surface area contributed by atoms with Crippen LogP contribution in [0.1, 0.15) is 6.92 Å². The van der Waals surface area contributed by atoms with Gasteiger partial charge in [-0.15, -0.1) is 0 Å². The van der Waals surface area contributed by atoms with Crippen molar-refractivity contribution in [1.29, 1.82) is 0 Å². The fourth-order valence-corrected chi connectivity index (χ4v) is 5.71. The van der Waals surface area contributed by atoms with E-state index in [2.05, 4.69) is 15.9 Å². The SMILES string of the molecule is CCS(=O)(=O)C1CSCCN1c1ccc(N)cc1Br. The van der Waals surface area contributed by atoms with Crippen LogP contribution >= 0.6 is 27.7 Å². The van der Waals surface area contributed by atoms with Crippen molar-refractivity contribution in [2.45, 2.75) is 12.3 Å². The first-order valence-corrected chi connectivity index (χ1v) is 9.73. The highest BCUT2D eigenvalue weighted by Crippen LogP contribution is 2.33. The molecule has 0 radical (unpaired) electrons. The second-order valence-corrected chi connectivity index (χ2v) is 8.84. The molecule has 0 spiro atoms. The molecule has 1 aliphatic rings. The Morgan fingerprint density at radius 3 is 2.89 bits per heavy atom. The molecule has 2 rings (SSSR count). The zero-order chi connectivity index (χ0) is 14.0. The third-order valence-electron chi connectivity index (χ3n) is 3.18. The predicted octanol–water partition coefficient (Wildman–Crippen LogP) is 2.35. The van der Waals surface area contributed by atoms with Gasteiger partial charge >= 0.3 is 0 Å². The smallest absolute Gasteiger partial charge is 0.171 e. The van der Waals surface area contributed by atoms with Crippen LogP contribution in [0.2, 0.25) is 0 Å². The van der Waals surface area contributed by atoms with Crippen LogP contribution < -0.4 is 10.6 Å². The Balaban J connectivity index is 2.40. The van der Waals surface area contributed by atoms with Gasteiger partial charge in [0.15, 0.2) is 9.84 Å². The Hall–Kier alpha value is -0.400. The molecular formula is C12H17BrN2O2S2. The van der Waals surface area contributed by atoms with Crippen molar-refractivity contribution in [1.82, 2.24) is 0 Å². The number of halogens is 1. The largest absolute Gasteiger partial charge is 0.399 e. The first-order chi connectivity index (χ1) is 8.95. The molecule has 0 aliphatic carbocycles. The van der Waals surface area contributed by atoms with E-state index in [0.29, 0.717) is 11.4 Å². The lowest BCUT2D eigenvalue weighted by Crippen LogP contribution is -2.48. The first-order valence-electron chi connectivity index (χ1n) is 6.06. The first kappa shape index (κ1) is 15.0. The van der Waals surface area contributed by atoms with Crippen LogP contribution in [-0.4, -0.2) is 37.6 Å². The Labute approximate surface area is 126 Å². The van der Waals surface area contributed by atoms with E-state index in [1.807, 2.05) is 17.0 Å². The summed E-state index contributed by atoms with van der Waals surface area (Å²) in [7, 11) is -3.09. The lowest BCUT2D eigenvalue weighted by atomic mass is 10.2. The Morgan fingerprint density at radius 1 is 1.53 bits per heavy atom. The summed E-state index contributed by atoms with van der Waals surface area (Å²) in [5.41, 5.74) is 7.30. The summed E-state index contributed by atoms with van der Waals surface area (Å²) >= 11 is 5.17. The van der Waals surface area contributed by atoms with Gasteiger partial charge in [-0.2, -0.15) is 11.8 Å². The molecule has 1 saturated heterocycles. The Bertz CT molecular complexity index is 563. The van der Waals surface area contributed by atoms with Crippen molar-refractivity contribution in [3.05, 3.63) is 22.7 Å². The lowest BCUT2D eigenvalue weighted by Gasteiger charge is -2.37. The van der Waals surface area contributed by atoms with Crippen molar-refractivity contribution in [3.8, 4) is 0 Å². The molecule has 4 nitrogen and oxygen atoms in total. The van der Waals surface area contributed by atoms with E-state index in [1.165, 1.54) is 0 Å². The van der Waals surface area contributed by atoms with E-state index in [4.69, 9.17) is 5.73 Å². The summed E-state index contributed by atoms with van der Waals surface area (Å²) < 4.78 is 25.3. The van der Waals surface area contributed by atoms with E-state index in [1.54, 1.807) is 24.8 Å². The molecule has 0 bridgehead atoms. The minimum Gasteiger partial charge on any atom is -0.399 e. The molecule has 0 aromatic heterocycles. The van der Waals surface area contributed by atoms with Crippen molar-refractivity contribution in [3.63, 3.8) is 0 Å². The van der Waals surface area contributed by atoms with E-state index in [0.717, 1.165) is 22.5 Å². The molecule has 1 atom stereocenters. The number of rotatable bonds is 3. The summed E-state index contributed by atoms with van der Waals surface area (Å²) in [6.45, 7) is 2.43. The highest BCUT2D eigenvalue weighted by Gasteiger charge is 2.33. The number of sulfone groups is 1. The summed E-state index contributed by atoms with van der Waals surface area (Å²) in [4.78, 5) is 1.97. The van der Waals surface area contributed by atoms with Gasteiger partial charge in [0.25, 0.3) is 0 Å². The minimum atomic E-state index is -3.09. The van der Waals surface area contributed by atoms with Crippen molar-refractivity contribution in [2.75, 3.05) is 34.4 Å². The van der Waals surface area contributed by atoms with Crippen molar-refractivity contribution in [2.24, 2.45) is 0 Å². The number of hydrogen-bond donors (Lipinski definition) is 1. The average molecular weight is 365 g/mol. The summed E-state index contributed by atoms with van der Waals surface area (Å²) in [5, 5.41) is -0.448. The van der Waals surface area contributed by atoms with Gasteiger partial charge in [0, 0.05) is 34.0 Å². The van der Waals surface area contributed by atoms with Crippen LogP contribution in [0.3, 0.4) is 0 Å². The van der Waals surface area contributed by atoms with Gasteiger partial charge in [-0.3, -0.25) is 0 Å². The van der Waals surface area contributed by atoms with Gasteiger partial charge in [-0.1, -0.05) is 6.92 Å². The van der Waals surface area contributed by atoms with Crippen LogP contribution in [0, 0.1) is 0 Å². The maximum atomic E-state index is 12.2.